The van der Waals surface area contributed by atoms with Crippen molar-refractivity contribution in [3.63, 3.8) is 0 Å². The number of rotatable bonds is 4. The molecule has 0 spiro atoms. The van der Waals surface area contributed by atoms with Gasteiger partial charge < -0.3 is 5.32 Å². The maximum Gasteiger partial charge on any atom is 0.267 e. The topological polar surface area (TPSA) is 61.8 Å². The van der Waals surface area contributed by atoms with Crippen molar-refractivity contribution in [3.8, 4) is 0 Å². The SMILES string of the molecule is O=C(NCc1ccc(F)cc1)C1=NN(c2c(F)c(F)cc(F)c2F)C(=O)CC1. The number of carbonyl (C=O) groups excluding carboxylic acids is 2. The van der Waals surface area contributed by atoms with Crippen LogP contribution in [0.25, 0.3) is 0 Å². The summed E-state index contributed by atoms with van der Waals surface area (Å²) in [4.78, 5) is 24.2. The van der Waals surface area contributed by atoms with Crippen molar-refractivity contribution in [2.24, 2.45) is 5.10 Å². The average Bonchev–Trinajstić information content (AvgIpc) is 2.67. The van der Waals surface area contributed by atoms with Crippen LogP contribution in [-0.4, -0.2) is 17.5 Å². The van der Waals surface area contributed by atoms with Crippen LogP contribution in [0.15, 0.2) is 35.4 Å². The molecule has 0 unspecified atom stereocenters. The van der Waals surface area contributed by atoms with E-state index in [0.29, 0.717) is 5.56 Å². The summed E-state index contributed by atoms with van der Waals surface area (Å²) in [5.74, 6) is -9.15. The van der Waals surface area contributed by atoms with E-state index >= 15 is 0 Å². The number of carbonyl (C=O) groups is 2. The second kappa shape index (κ2) is 7.75. The van der Waals surface area contributed by atoms with E-state index in [9.17, 15) is 31.5 Å². The number of hydrazone groups is 1. The summed E-state index contributed by atoms with van der Waals surface area (Å²) >= 11 is 0. The second-order valence-corrected chi connectivity index (χ2v) is 5.88. The van der Waals surface area contributed by atoms with Gasteiger partial charge in [0.25, 0.3) is 5.91 Å². The highest BCUT2D eigenvalue weighted by atomic mass is 19.2. The highest BCUT2D eigenvalue weighted by Gasteiger charge is 2.32. The Morgan fingerprint density at radius 1 is 1.00 bits per heavy atom. The third kappa shape index (κ3) is 3.85. The van der Waals surface area contributed by atoms with Crippen molar-refractivity contribution in [1.29, 1.82) is 0 Å². The molecule has 0 saturated heterocycles. The van der Waals surface area contributed by atoms with Crippen molar-refractivity contribution in [3.05, 3.63) is 65.0 Å². The summed E-state index contributed by atoms with van der Waals surface area (Å²) in [5.41, 5.74) is -1.01. The van der Waals surface area contributed by atoms with Gasteiger partial charge in [0.2, 0.25) is 5.91 Å². The van der Waals surface area contributed by atoms with Crippen LogP contribution >= 0.6 is 0 Å². The zero-order valence-corrected chi connectivity index (χ0v) is 14.1. The van der Waals surface area contributed by atoms with E-state index in [4.69, 9.17) is 0 Å². The molecular formula is C18H12F5N3O2. The Labute approximate surface area is 155 Å². The molecule has 3 rings (SSSR count). The lowest BCUT2D eigenvalue weighted by Gasteiger charge is -2.24. The van der Waals surface area contributed by atoms with Crippen molar-refractivity contribution >= 4 is 23.2 Å². The quantitative estimate of drug-likeness (QED) is 0.636. The maximum absolute atomic E-state index is 14.0. The first-order valence-corrected chi connectivity index (χ1v) is 8.04. The Morgan fingerprint density at radius 2 is 1.61 bits per heavy atom. The zero-order chi connectivity index (χ0) is 20.4. The van der Waals surface area contributed by atoms with Crippen molar-refractivity contribution in [1.82, 2.24) is 5.32 Å². The molecule has 0 fully saturated rings. The molecule has 0 bridgehead atoms. The zero-order valence-electron chi connectivity index (χ0n) is 14.1. The van der Waals surface area contributed by atoms with Gasteiger partial charge in [0.15, 0.2) is 23.3 Å². The molecule has 0 saturated carbocycles. The lowest BCUT2D eigenvalue weighted by Crippen LogP contribution is -2.39. The molecule has 1 heterocycles. The van der Waals surface area contributed by atoms with Gasteiger partial charge in [-0.05, 0) is 17.7 Å². The lowest BCUT2D eigenvalue weighted by atomic mass is 10.1. The van der Waals surface area contributed by atoms with Crippen molar-refractivity contribution in [2.45, 2.75) is 19.4 Å². The first kappa shape index (κ1) is 19.5. The normalized spacial score (nSPS) is 14.1. The molecule has 28 heavy (non-hydrogen) atoms. The van der Waals surface area contributed by atoms with E-state index < -0.39 is 46.6 Å². The number of nitrogens with zero attached hydrogens (tertiary/aromatic N) is 2. The number of halogens is 5. The summed E-state index contributed by atoms with van der Waals surface area (Å²) in [6, 6.07) is 5.28. The van der Waals surface area contributed by atoms with Crippen molar-refractivity contribution in [2.75, 3.05) is 5.01 Å². The standard InChI is InChI=1S/C18H12F5N3O2/c19-10-3-1-9(2-4-10)8-24-18(28)13-5-6-14(27)26(25-13)17-15(22)11(20)7-12(21)16(17)23/h1-4,7H,5-6,8H2,(H,24,28). The Morgan fingerprint density at radius 3 is 2.21 bits per heavy atom. The fraction of sp³-hybridized carbons (Fsp3) is 0.167. The van der Waals surface area contributed by atoms with Crippen LogP contribution in [0.4, 0.5) is 27.6 Å². The molecule has 2 amide bonds. The number of amides is 2. The average molecular weight is 397 g/mol. The molecule has 5 nitrogen and oxygen atoms in total. The summed E-state index contributed by atoms with van der Waals surface area (Å²) in [7, 11) is 0. The Balaban J connectivity index is 1.84. The molecule has 1 N–H and O–H groups in total. The van der Waals surface area contributed by atoms with Gasteiger partial charge in [0, 0.05) is 25.5 Å². The van der Waals surface area contributed by atoms with Gasteiger partial charge in [-0.3, -0.25) is 9.59 Å². The Bertz CT molecular complexity index is 950. The first-order chi connectivity index (χ1) is 13.3. The predicted octanol–water partition coefficient (Wildman–Crippen LogP) is 3.18. The number of nitrogens with one attached hydrogen (secondary N) is 1. The van der Waals surface area contributed by atoms with E-state index in [1.807, 2.05) is 0 Å². The molecule has 0 radical (unpaired) electrons. The molecule has 2 aromatic carbocycles. The molecule has 146 valence electrons. The molecule has 1 aliphatic heterocycles. The third-order valence-electron chi connectivity index (χ3n) is 3.96. The van der Waals surface area contributed by atoms with Crippen LogP contribution in [0, 0.1) is 29.1 Å². The first-order valence-electron chi connectivity index (χ1n) is 8.04. The van der Waals surface area contributed by atoms with E-state index in [1.165, 1.54) is 24.3 Å². The predicted molar refractivity (Wildman–Crippen MR) is 88.7 cm³/mol. The Hall–Kier alpha value is -3.30. The highest BCUT2D eigenvalue weighted by molar-refractivity contribution is 6.40. The van der Waals surface area contributed by atoms with Crippen LogP contribution in [0.1, 0.15) is 18.4 Å². The fourth-order valence-electron chi connectivity index (χ4n) is 2.52. The smallest absolute Gasteiger partial charge is 0.267 e. The number of hydrogen-bond donors (Lipinski definition) is 1. The van der Waals surface area contributed by atoms with Crippen LogP contribution in [-0.2, 0) is 16.1 Å². The molecule has 0 atom stereocenters. The molecular weight excluding hydrogens is 385 g/mol. The number of hydrogen-bond acceptors (Lipinski definition) is 3. The fourth-order valence-corrected chi connectivity index (χ4v) is 2.52. The molecule has 1 aliphatic rings. The molecule has 0 aliphatic carbocycles. The Kier molecular flexibility index (Phi) is 5.39. The summed E-state index contributed by atoms with van der Waals surface area (Å²) in [6.07, 6.45) is -0.481. The third-order valence-corrected chi connectivity index (χ3v) is 3.96. The largest absolute Gasteiger partial charge is 0.347 e. The van der Waals surface area contributed by atoms with Gasteiger partial charge in [-0.1, -0.05) is 12.1 Å². The van der Waals surface area contributed by atoms with E-state index in [2.05, 4.69) is 10.4 Å². The summed E-state index contributed by atoms with van der Waals surface area (Å²) in [5, 5.41) is 6.19. The van der Waals surface area contributed by atoms with E-state index in [1.54, 1.807) is 0 Å². The van der Waals surface area contributed by atoms with Gasteiger partial charge in [0.05, 0.1) is 0 Å². The number of anilines is 1. The summed E-state index contributed by atoms with van der Waals surface area (Å²) < 4.78 is 67.6. The minimum Gasteiger partial charge on any atom is -0.347 e. The minimum atomic E-state index is -1.80. The van der Waals surface area contributed by atoms with Crippen LogP contribution in [0.2, 0.25) is 0 Å². The van der Waals surface area contributed by atoms with Gasteiger partial charge >= 0.3 is 0 Å². The highest BCUT2D eigenvalue weighted by Crippen LogP contribution is 2.30. The van der Waals surface area contributed by atoms with Gasteiger partial charge in [-0.2, -0.15) is 10.1 Å². The van der Waals surface area contributed by atoms with Crippen LogP contribution in [0.3, 0.4) is 0 Å². The minimum absolute atomic E-state index is 0.00260. The summed E-state index contributed by atoms with van der Waals surface area (Å²) in [6.45, 7) is 0.00337. The van der Waals surface area contributed by atoms with Gasteiger partial charge in [-0.25, -0.2) is 22.0 Å². The molecule has 10 heteroatoms. The molecule has 2 aromatic rings. The van der Waals surface area contributed by atoms with Crippen LogP contribution < -0.4 is 10.3 Å². The number of benzene rings is 2. The van der Waals surface area contributed by atoms with Crippen LogP contribution in [0.5, 0.6) is 0 Å². The maximum atomic E-state index is 14.0. The van der Waals surface area contributed by atoms with Gasteiger partial charge in [-0.15, -0.1) is 0 Å². The monoisotopic (exact) mass is 397 g/mol. The van der Waals surface area contributed by atoms with E-state index in [0.717, 1.165) is 0 Å². The van der Waals surface area contributed by atoms with Gasteiger partial charge in [0.1, 0.15) is 17.2 Å². The lowest BCUT2D eigenvalue weighted by molar-refractivity contribution is -0.119. The van der Waals surface area contributed by atoms with E-state index in [-0.39, 0.29) is 36.2 Å². The van der Waals surface area contributed by atoms with Crippen molar-refractivity contribution < 1.29 is 31.5 Å². The second-order valence-electron chi connectivity index (χ2n) is 5.88. The molecule has 0 aromatic heterocycles.